The Kier molecular flexibility index (Phi) is 6.43. The Hall–Kier alpha value is -2.07. The van der Waals surface area contributed by atoms with Crippen LogP contribution in [0.1, 0.15) is 31.4 Å². The molecule has 3 nitrogen and oxygen atoms in total. The molecule has 0 spiro atoms. The van der Waals surface area contributed by atoms with Crippen molar-refractivity contribution in [3.05, 3.63) is 70.7 Å². The number of halogens is 1. The van der Waals surface area contributed by atoms with Gasteiger partial charge in [-0.05, 0) is 48.1 Å². The van der Waals surface area contributed by atoms with Crippen LogP contribution in [0.4, 0.5) is 10.5 Å². The fraction of sp³-hybridized carbons (Fsp3) is 0.286. The van der Waals surface area contributed by atoms with E-state index in [2.05, 4.69) is 78.2 Å². The van der Waals surface area contributed by atoms with Gasteiger partial charge in [-0.25, -0.2) is 4.79 Å². The van der Waals surface area contributed by atoms with Gasteiger partial charge in [0.05, 0.1) is 0 Å². The molecule has 0 aliphatic rings. The molecule has 4 heteroatoms. The van der Waals surface area contributed by atoms with Crippen LogP contribution in [0.25, 0.3) is 5.57 Å². The number of aryl methyl sites for hydroxylation is 1. The lowest BCUT2D eigenvalue weighted by molar-refractivity contribution is 0.245. The fourth-order valence-corrected chi connectivity index (χ4v) is 2.99. The Bertz CT molecular complexity index is 751. The minimum Gasteiger partial charge on any atom is -0.337 e. The van der Waals surface area contributed by atoms with Gasteiger partial charge in [-0.15, -0.1) is 0 Å². The molecule has 0 unspecified atom stereocenters. The highest BCUT2D eigenvalue weighted by atomic mass is 79.9. The highest BCUT2D eigenvalue weighted by Crippen LogP contribution is 2.29. The van der Waals surface area contributed by atoms with Gasteiger partial charge in [-0.2, -0.15) is 0 Å². The molecule has 0 heterocycles. The zero-order chi connectivity index (χ0) is 18.4. The molecule has 2 rings (SSSR count). The molecule has 0 atom stereocenters. The lowest BCUT2D eigenvalue weighted by Crippen LogP contribution is -2.36. The molecule has 2 amide bonds. The number of carbonyl (C=O) groups excluding carboxylic acids is 1. The number of nitrogens with one attached hydrogen (secondary N) is 2. The summed E-state index contributed by atoms with van der Waals surface area (Å²) in [5.74, 6) is 0. The Labute approximate surface area is 158 Å². The molecule has 2 N–H and O–H groups in total. The second-order valence-corrected chi connectivity index (χ2v) is 8.04. The fourth-order valence-electron chi connectivity index (χ4n) is 2.59. The van der Waals surface area contributed by atoms with Gasteiger partial charge in [0.2, 0.25) is 0 Å². The molecule has 25 heavy (non-hydrogen) atoms. The van der Waals surface area contributed by atoms with Crippen molar-refractivity contribution < 1.29 is 4.79 Å². The highest BCUT2D eigenvalue weighted by Gasteiger charge is 2.20. The molecule has 0 bridgehead atoms. The van der Waals surface area contributed by atoms with Crippen LogP contribution in [0.3, 0.4) is 0 Å². The van der Waals surface area contributed by atoms with Gasteiger partial charge in [0.15, 0.2) is 0 Å². The average Bonchev–Trinajstić information content (AvgIpc) is 2.53. The van der Waals surface area contributed by atoms with Crippen molar-refractivity contribution in [1.82, 2.24) is 5.32 Å². The van der Waals surface area contributed by atoms with Crippen molar-refractivity contribution in [3.8, 4) is 0 Å². The summed E-state index contributed by atoms with van der Waals surface area (Å²) in [5, 5.41) is 5.79. The van der Waals surface area contributed by atoms with E-state index in [1.54, 1.807) is 0 Å². The van der Waals surface area contributed by atoms with E-state index in [-0.39, 0.29) is 11.4 Å². The predicted octanol–water partition coefficient (Wildman–Crippen LogP) is 6.01. The SMILES string of the molecule is C=C(CC(C)(C)CNC(=O)Nc1cccc(Br)c1)c1ccc(C)cc1. The normalized spacial score (nSPS) is 11.0. The maximum atomic E-state index is 12.1. The maximum Gasteiger partial charge on any atom is 0.319 e. The molecule has 0 radical (unpaired) electrons. The van der Waals surface area contributed by atoms with Crippen LogP contribution < -0.4 is 10.6 Å². The monoisotopic (exact) mass is 400 g/mol. The highest BCUT2D eigenvalue weighted by molar-refractivity contribution is 9.10. The average molecular weight is 401 g/mol. The van der Waals surface area contributed by atoms with Gasteiger partial charge in [-0.3, -0.25) is 0 Å². The number of rotatable bonds is 6. The quantitative estimate of drug-likeness (QED) is 0.612. The largest absolute Gasteiger partial charge is 0.337 e. The summed E-state index contributed by atoms with van der Waals surface area (Å²) in [4.78, 5) is 12.1. The summed E-state index contributed by atoms with van der Waals surface area (Å²) < 4.78 is 0.931. The van der Waals surface area contributed by atoms with Crippen molar-refractivity contribution in [2.45, 2.75) is 27.2 Å². The Morgan fingerprint density at radius 1 is 1.16 bits per heavy atom. The number of urea groups is 1. The van der Waals surface area contributed by atoms with E-state index in [9.17, 15) is 4.79 Å². The van der Waals surface area contributed by atoms with Gasteiger partial charge in [-0.1, -0.05) is 72.3 Å². The molecule has 2 aromatic carbocycles. The summed E-state index contributed by atoms with van der Waals surface area (Å²) >= 11 is 3.40. The molecular weight excluding hydrogens is 376 g/mol. The Morgan fingerprint density at radius 3 is 2.48 bits per heavy atom. The molecule has 0 aliphatic heterocycles. The van der Waals surface area contributed by atoms with Crippen LogP contribution >= 0.6 is 15.9 Å². The predicted molar refractivity (Wildman–Crippen MR) is 110 cm³/mol. The van der Waals surface area contributed by atoms with Crippen LogP contribution in [0.15, 0.2) is 59.6 Å². The van der Waals surface area contributed by atoms with Gasteiger partial charge < -0.3 is 10.6 Å². The van der Waals surface area contributed by atoms with Crippen LogP contribution in [-0.4, -0.2) is 12.6 Å². The maximum absolute atomic E-state index is 12.1. The van der Waals surface area contributed by atoms with Crippen molar-refractivity contribution in [3.63, 3.8) is 0 Å². The van der Waals surface area contributed by atoms with E-state index in [1.165, 1.54) is 5.56 Å². The minimum absolute atomic E-state index is 0.0867. The summed E-state index contributed by atoms with van der Waals surface area (Å²) in [7, 11) is 0. The number of allylic oxidation sites excluding steroid dienone is 1. The molecule has 0 aromatic heterocycles. The first kappa shape index (κ1) is 19.3. The number of anilines is 1. The second kappa shape index (κ2) is 8.34. The first-order chi connectivity index (χ1) is 11.7. The lowest BCUT2D eigenvalue weighted by atomic mass is 9.84. The standard InChI is InChI=1S/C21H25BrN2O/c1-15-8-10-17(11-9-15)16(2)13-21(3,4)14-23-20(25)24-19-7-5-6-18(22)12-19/h5-12H,2,13-14H2,1,3-4H3,(H2,23,24,25). The van der Waals surface area contributed by atoms with Crippen molar-refractivity contribution in [2.24, 2.45) is 5.41 Å². The van der Waals surface area contributed by atoms with Crippen molar-refractivity contribution in [2.75, 3.05) is 11.9 Å². The van der Waals surface area contributed by atoms with E-state index < -0.39 is 0 Å². The number of hydrogen-bond donors (Lipinski definition) is 2. The third kappa shape index (κ3) is 6.39. The summed E-state index contributed by atoms with van der Waals surface area (Å²) in [6.07, 6.45) is 0.813. The van der Waals surface area contributed by atoms with Gasteiger partial charge in [0.1, 0.15) is 0 Å². The van der Waals surface area contributed by atoms with E-state index in [0.29, 0.717) is 6.54 Å². The molecule has 2 aromatic rings. The minimum atomic E-state index is -0.202. The van der Waals surface area contributed by atoms with Crippen molar-refractivity contribution >= 4 is 33.2 Å². The molecule has 0 aliphatic carbocycles. The first-order valence-corrected chi connectivity index (χ1v) is 9.10. The summed E-state index contributed by atoms with van der Waals surface area (Å²) in [5.41, 5.74) is 4.14. The smallest absolute Gasteiger partial charge is 0.319 e. The molecule has 0 fully saturated rings. The zero-order valence-corrected chi connectivity index (χ0v) is 16.6. The molecule has 0 saturated carbocycles. The van der Waals surface area contributed by atoms with Gasteiger partial charge in [0.25, 0.3) is 0 Å². The summed E-state index contributed by atoms with van der Waals surface area (Å²) in [6, 6.07) is 15.7. The lowest BCUT2D eigenvalue weighted by Gasteiger charge is -2.26. The Morgan fingerprint density at radius 2 is 1.84 bits per heavy atom. The number of amides is 2. The topological polar surface area (TPSA) is 41.1 Å². The summed E-state index contributed by atoms with van der Waals surface area (Å²) in [6.45, 7) is 11.1. The van der Waals surface area contributed by atoms with Crippen LogP contribution in [-0.2, 0) is 0 Å². The van der Waals surface area contributed by atoms with Crippen LogP contribution in [0, 0.1) is 12.3 Å². The van der Waals surface area contributed by atoms with E-state index in [0.717, 1.165) is 27.7 Å². The number of benzene rings is 2. The third-order valence-electron chi connectivity index (χ3n) is 3.96. The van der Waals surface area contributed by atoms with E-state index >= 15 is 0 Å². The number of hydrogen-bond acceptors (Lipinski definition) is 1. The third-order valence-corrected chi connectivity index (χ3v) is 4.45. The molecule has 132 valence electrons. The van der Waals surface area contributed by atoms with Crippen LogP contribution in [0.5, 0.6) is 0 Å². The molecule has 0 saturated heterocycles. The number of carbonyl (C=O) groups is 1. The second-order valence-electron chi connectivity index (χ2n) is 7.13. The van der Waals surface area contributed by atoms with Gasteiger partial charge >= 0.3 is 6.03 Å². The van der Waals surface area contributed by atoms with Gasteiger partial charge in [0, 0.05) is 16.7 Å². The Balaban J connectivity index is 1.86. The van der Waals surface area contributed by atoms with Crippen molar-refractivity contribution in [1.29, 1.82) is 0 Å². The molecular formula is C21H25BrN2O. The van der Waals surface area contributed by atoms with Crippen LogP contribution in [0.2, 0.25) is 0 Å². The first-order valence-electron chi connectivity index (χ1n) is 8.30. The zero-order valence-electron chi connectivity index (χ0n) is 15.0. The van der Waals surface area contributed by atoms with E-state index in [1.807, 2.05) is 24.3 Å². The van der Waals surface area contributed by atoms with E-state index in [4.69, 9.17) is 0 Å².